The van der Waals surface area contributed by atoms with Crippen LogP contribution in [0.2, 0.25) is 0 Å². The quantitative estimate of drug-likeness (QED) is 0.505. The summed E-state index contributed by atoms with van der Waals surface area (Å²) in [5.41, 5.74) is 0. The molecule has 120 valence electrons. The van der Waals surface area contributed by atoms with Crippen molar-refractivity contribution < 1.29 is 29.2 Å². The second kappa shape index (κ2) is 12.5. The van der Waals surface area contributed by atoms with Crippen LogP contribution < -0.4 is 0 Å². The van der Waals surface area contributed by atoms with Crippen LogP contribution in [0.1, 0.15) is 25.7 Å². The molecule has 0 amide bonds. The van der Waals surface area contributed by atoms with E-state index in [1.807, 2.05) is 0 Å². The fourth-order valence-corrected chi connectivity index (χ4v) is 2.29. The lowest BCUT2D eigenvalue weighted by atomic mass is 9.94. The molecule has 1 saturated carbocycles. The summed E-state index contributed by atoms with van der Waals surface area (Å²) < 4.78 is 22.0. The predicted octanol–water partition coefficient (Wildman–Crippen LogP) is 0.349. The van der Waals surface area contributed by atoms with Crippen LogP contribution >= 0.6 is 0 Å². The van der Waals surface area contributed by atoms with Gasteiger partial charge in [0.25, 0.3) is 0 Å². The van der Waals surface area contributed by atoms with Crippen molar-refractivity contribution in [2.24, 2.45) is 0 Å². The molecule has 1 fully saturated rings. The van der Waals surface area contributed by atoms with Crippen molar-refractivity contribution in [3.63, 3.8) is 0 Å². The summed E-state index contributed by atoms with van der Waals surface area (Å²) in [6.07, 6.45) is 4.62. The van der Waals surface area contributed by atoms with Gasteiger partial charge in [0.1, 0.15) is 0 Å². The van der Waals surface area contributed by atoms with Crippen LogP contribution in [0.3, 0.4) is 0 Å². The van der Waals surface area contributed by atoms with Crippen LogP contribution in [0.4, 0.5) is 0 Å². The van der Waals surface area contributed by atoms with Crippen molar-refractivity contribution >= 4 is 0 Å². The molecule has 0 bridgehead atoms. The maximum absolute atomic E-state index is 8.60. The van der Waals surface area contributed by atoms with Gasteiger partial charge in [0.2, 0.25) is 0 Å². The number of aliphatic hydroxyl groups excluding tert-OH is 2. The first-order valence-corrected chi connectivity index (χ1v) is 7.49. The molecule has 0 aliphatic heterocycles. The van der Waals surface area contributed by atoms with Gasteiger partial charge in [-0.1, -0.05) is 12.8 Å². The lowest BCUT2D eigenvalue weighted by molar-refractivity contribution is -0.110. The van der Waals surface area contributed by atoms with Crippen LogP contribution in [0.25, 0.3) is 0 Å². The van der Waals surface area contributed by atoms with E-state index < -0.39 is 0 Å². The molecule has 0 saturated heterocycles. The summed E-state index contributed by atoms with van der Waals surface area (Å²) >= 11 is 0. The van der Waals surface area contributed by atoms with E-state index in [2.05, 4.69) is 0 Å². The highest BCUT2D eigenvalue weighted by atomic mass is 16.6. The zero-order valence-corrected chi connectivity index (χ0v) is 12.2. The van der Waals surface area contributed by atoms with E-state index in [0.29, 0.717) is 39.6 Å². The minimum Gasteiger partial charge on any atom is -0.394 e. The van der Waals surface area contributed by atoms with E-state index in [4.69, 9.17) is 29.2 Å². The molecule has 0 aromatic rings. The highest BCUT2D eigenvalue weighted by molar-refractivity contribution is 4.76. The predicted molar refractivity (Wildman–Crippen MR) is 73.8 cm³/mol. The SMILES string of the molecule is OCCOCCO[C@H]1CCCC[C@H]1OCCOCCO. The number of rotatable bonds is 12. The average Bonchev–Trinajstić information content (AvgIpc) is 2.48. The van der Waals surface area contributed by atoms with Crippen molar-refractivity contribution in [1.82, 2.24) is 0 Å². The standard InChI is InChI=1S/C14H28O6/c15-5-7-17-9-11-19-13-3-1-2-4-14(13)20-12-10-18-8-6-16/h13-16H,1-12H2/t13-,14+. The lowest BCUT2D eigenvalue weighted by Crippen LogP contribution is -2.36. The third-order valence-electron chi connectivity index (χ3n) is 3.23. The van der Waals surface area contributed by atoms with Crippen LogP contribution in [-0.4, -0.2) is 75.3 Å². The second-order valence-electron chi connectivity index (χ2n) is 4.77. The van der Waals surface area contributed by atoms with Crippen LogP contribution in [-0.2, 0) is 18.9 Å². The van der Waals surface area contributed by atoms with Gasteiger partial charge in [0.15, 0.2) is 0 Å². The third-order valence-corrected chi connectivity index (χ3v) is 3.23. The average molecular weight is 292 g/mol. The molecule has 6 heteroatoms. The number of aliphatic hydroxyl groups is 2. The molecular formula is C14H28O6. The largest absolute Gasteiger partial charge is 0.394 e. The Kier molecular flexibility index (Phi) is 11.1. The van der Waals surface area contributed by atoms with Crippen LogP contribution in [0.15, 0.2) is 0 Å². The molecule has 2 atom stereocenters. The topological polar surface area (TPSA) is 77.4 Å². The van der Waals surface area contributed by atoms with Gasteiger partial charge in [-0.05, 0) is 12.8 Å². The smallest absolute Gasteiger partial charge is 0.0837 e. The fourth-order valence-electron chi connectivity index (χ4n) is 2.29. The first-order chi connectivity index (χ1) is 9.88. The Bertz CT molecular complexity index is 192. The van der Waals surface area contributed by atoms with Crippen molar-refractivity contribution in [2.45, 2.75) is 37.9 Å². The van der Waals surface area contributed by atoms with Gasteiger partial charge >= 0.3 is 0 Å². The molecule has 0 aromatic carbocycles. The van der Waals surface area contributed by atoms with E-state index in [-0.39, 0.29) is 25.4 Å². The molecular weight excluding hydrogens is 264 g/mol. The van der Waals surface area contributed by atoms with Gasteiger partial charge in [-0.3, -0.25) is 0 Å². The first kappa shape index (κ1) is 17.8. The van der Waals surface area contributed by atoms with Gasteiger partial charge < -0.3 is 29.2 Å². The Hall–Kier alpha value is -0.240. The summed E-state index contributed by atoms with van der Waals surface area (Å²) in [6.45, 7) is 2.88. The molecule has 1 aliphatic rings. The summed E-state index contributed by atoms with van der Waals surface area (Å²) in [5, 5.41) is 17.2. The Labute approximate surface area is 121 Å². The van der Waals surface area contributed by atoms with Gasteiger partial charge in [-0.15, -0.1) is 0 Å². The summed E-state index contributed by atoms with van der Waals surface area (Å²) in [5.74, 6) is 0. The number of ether oxygens (including phenoxy) is 4. The van der Waals surface area contributed by atoms with Crippen molar-refractivity contribution in [3.05, 3.63) is 0 Å². The lowest BCUT2D eigenvalue weighted by Gasteiger charge is -2.31. The van der Waals surface area contributed by atoms with Gasteiger partial charge in [0.05, 0.1) is 65.1 Å². The fraction of sp³-hybridized carbons (Fsp3) is 1.00. The van der Waals surface area contributed by atoms with Crippen LogP contribution in [0, 0.1) is 0 Å². The highest BCUT2D eigenvalue weighted by Gasteiger charge is 2.26. The van der Waals surface area contributed by atoms with Crippen molar-refractivity contribution in [3.8, 4) is 0 Å². The number of hydrogen-bond acceptors (Lipinski definition) is 6. The van der Waals surface area contributed by atoms with Gasteiger partial charge in [-0.2, -0.15) is 0 Å². The van der Waals surface area contributed by atoms with Gasteiger partial charge in [0, 0.05) is 0 Å². The van der Waals surface area contributed by atoms with Crippen molar-refractivity contribution in [2.75, 3.05) is 52.9 Å². The van der Waals surface area contributed by atoms with Crippen molar-refractivity contribution in [1.29, 1.82) is 0 Å². The Morgan fingerprint density at radius 3 is 1.50 bits per heavy atom. The Morgan fingerprint density at radius 1 is 0.650 bits per heavy atom. The molecule has 0 unspecified atom stereocenters. The second-order valence-corrected chi connectivity index (χ2v) is 4.77. The molecule has 0 aromatic heterocycles. The normalized spacial score (nSPS) is 23.1. The highest BCUT2D eigenvalue weighted by Crippen LogP contribution is 2.23. The molecule has 2 N–H and O–H groups in total. The number of hydrogen-bond donors (Lipinski definition) is 2. The van der Waals surface area contributed by atoms with E-state index >= 15 is 0 Å². The zero-order valence-electron chi connectivity index (χ0n) is 12.2. The summed E-state index contributed by atoms with van der Waals surface area (Å²) in [7, 11) is 0. The first-order valence-electron chi connectivity index (χ1n) is 7.49. The molecule has 0 radical (unpaired) electrons. The molecule has 20 heavy (non-hydrogen) atoms. The maximum atomic E-state index is 8.60. The zero-order chi connectivity index (χ0) is 14.5. The summed E-state index contributed by atoms with van der Waals surface area (Å²) in [4.78, 5) is 0. The molecule has 1 aliphatic carbocycles. The van der Waals surface area contributed by atoms with Crippen LogP contribution in [0.5, 0.6) is 0 Å². The van der Waals surface area contributed by atoms with E-state index in [0.717, 1.165) is 12.8 Å². The summed E-state index contributed by atoms with van der Waals surface area (Å²) in [6, 6.07) is 0. The maximum Gasteiger partial charge on any atom is 0.0837 e. The Balaban J connectivity index is 2.10. The minimum absolute atomic E-state index is 0.0446. The monoisotopic (exact) mass is 292 g/mol. The van der Waals surface area contributed by atoms with E-state index in [1.54, 1.807) is 0 Å². The molecule has 0 heterocycles. The molecule has 0 spiro atoms. The molecule has 1 rings (SSSR count). The Morgan fingerprint density at radius 2 is 1.10 bits per heavy atom. The van der Waals surface area contributed by atoms with E-state index in [9.17, 15) is 0 Å². The van der Waals surface area contributed by atoms with Gasteiger partial charge in [-0.25, -0.2) is 0 Å². The van der Waals surface area contributed by atoms with E-state index in [1.165, 1.54) is 12.8 Å². The third kappa shape index (κ3) is 8.14. The minimum atomic E-state index is 0.0446. The molecule has 6 nitrogen and oxygen atoms in total.